The summed E-state index contributed by atoms with van der Waals surface area (Å²) in [5, 5.41) is 22.4. The molecule has 6 aromatic rings. The van der Waals surface area contributed by atoms with Crippen molar-refractivity contribution in [2.24, 2.45) is 0 Å². The monoisotopic (exact) mass is 669 g/mol. The molecule has 0 unspecified atom stereocenters. The van der Waals surface area contributed by atoms with Crippen LogP contribution in [0.1, 0.15) is 44.3 Å². The number of fused-ring (bicyclic) bond motifs is 2. The van der Waals surface area contributed by atoms with Gasteiger partial charge in [-0.05, 0) is 68.3 Å². The molecule has 1 N–H and O–H groups in total. The van der Waals surface area contributed by atoms with Crippen LogP contribution in [0.3, 0.4) is 0 Å². The molecule has 0 aliphatic carbocycles. The van der Waals surface area contributed by atoms with Crippen LogP contribution in [0.15, 0.2) is 58.8 Å². The van der Waals surface area contributed by atoms with Crippen LogP contribution in [0.4, 0.5) is 0 Å². The lowest BCUT2D eigenvalue weighted by atomic mass is 9.97. The topological polar surface area (TPSA) is 131 Å². The van der Waals surface area contributed by atoms with Crippen molar-refractivity contribution in [1.82, 2.24) is 19.5 Å². The summed E-state index contributed by atoms with van der Waals surface area (Å²) in [5.74, 6) is -0.109. The van der Waals surface area contributed by atoms with Crippen LogP contribution in [0, 0.1) is 32.1 Å². The van der Waals surface area contributed by atoms with Crippen molar-refractivity contribution in [3.8, 4) is 22.9 Å². The van der Waals surface area contributed by atoms with Gasteiger partial charge in [-0.2, -0.15) is 5.26 Å². The van der Waals surface area contributed by atoms with Gasteiger partial charge in [-0.1, -0.05) is 29.3 Å². The molecule has 0 aliphatic heterocycles. The number of carboxylic acids is 1. The SMILES string of the molecule is Cc1ccc(Cc2c(Cl)cc3nc(C)n(CCOc4ccc(Cl)cc4-c4cc(C)nc5c(C(=O)O)csc45)c(=O)c3c2C#N)cn1. The highest BCUT2D eigenvalue weighted by Gasteiger charge is 2.21. The number of rotatable bonds is 8. The molecule has 0 bridgehead atoms. The van der Waals surface area contributed by atoms with E-state index >= 15 is 0 Å². The minimum atomic E-state index is -1.05. The number of aromatic nitrogens is 4. The van der Waals surface area contributed by atoms with E-state index in [2.05, 4.69) is 21.0 Å². The molecule has 0 atom stereocenters. The second-order valence-corrected chi connectivity index (χ2v) is 12.5. The fourth-order valence-electron chi connectivity index (χ4n) is 5.44. The number of carboxylic acid groups (broad SMARTS) is 1. The van der Waals surface area contributed by atoms with Gasteiger partial charge < -0.3 is 9.84 Å². The molecule has 0 fully saturated rings. The number of nitrogens with zero attached hydrogens (tertiary/aromatic N) is 5. The molecule has 6 rings (SSSR count). The van der Waals surface area contributed by atoms with Gasteiger partial charge in [-0.3, -0.25) is 19.3 Å². The third kappa shape index (κ3) is 5.81. The Kier molecular flexibility index (Phi) is 8.49. The molecule has 0 saturated carbocycles. The van der Waals surface area contributed by atoms with Crippen LogP contribution >= 0.6 is 34.5 Å². The van der Waals surface area contributed by atoms with E-state index in [-0.39, 0.29) is 35.2 Å². The lowest BCUT2D eigenvalue weighted by Crippen LogP contribution is -2.27. The quantitative estimate of drug-likeness (QED) is 0.176. The standard InChI is InChI=1S/C34H25Cl2N5O4S/c1-17-4-5-20(15-38-17)11-22-25(14-37)30-28(13-27(22)36)40-19(3)41(33(30)42)8-9-45-29-7-6-21(35)12-23(29)24-10-18(2)39-31-26(34(43)44)16-46-32(24)31/h4-7,10,12-13,15-16H,8-9,11H2,1-3H3,(H,43,44). The van der Waals surface area contributed by atoms with E-state index in [1.165, 1.54) is 15.9 Å². The van der Waals surface area contributed by atoms with E-state index < -0.39 is 5.97 Å². The molecular formula is C34H25Cl2N5O4S. The van der Waals surface area contributed by atoms with Gasteiger partial charge in [0.2, 0.25) is 0 Å². The first-order chi connectivity index (χ1) is 22.0. The molecule has 2 aromatic carbocycles. The average molecular weight is 671 g/mol. The second kappa shape index (κ2) is 12.5. The highest BCUT2D eigenvalue weighted by molar-refractivity contribution is 7.18. The number of aromatic carboxylic acids is 1. The third-order valence-electron chi connectivity index (χ3n) is 7.64. The molecule has 46 heavy (non-hydrogen) atoms. The third-order valence-corrected chi connectivity index (χ3v) is 9.22. The minimum Gasteiger partial charge on any atom is -0.491 e. The number of hydrogen-bond acceptors (Lipinski definition) is 8. The number of halogens is 2. The summed E-state index contributed by atoms with van der Waals surface area (Å²) >= 11 is 14.3. The van der Waals surface area contributed by atoms with Crippen LogP contribution in [0.2, 0.25) is 10.0 Å². The summed E-state index contributed by atoms with van der Waals surface area (Å²) in [7, 11) is 0. The molecule has 12 heteroatoms. The molecule has 9 nitrogen and oxygen atoms in total. The molecule has 0 amide bonds. The van der Waals surface area contributed by atoms with Gasteiger partial charge in [0.15, 0.2) is 0 Å². The highest BCUT2D eigenvalue weighted by Crippen LogP contribution is 2.40. The van der Waals surface area contributed by atoms with Crippen molar-refractivity contribution in [3.63, 3.8) is 0 Å². The smallest absolute Gasteiger partial charge is 0.338 e. The number of pyridine rings is 2. The lowest BCUT2D eigenvalue weighted by Gasteiger charge is -2.16. The van der Waals surface area contributed by atoms with Crippen LogP contribution in [0.5, 0.6) is 5.75 Å². The number of ether oxygens (including phenoxy) is 1. The number of hydrogen-bond donors (Lipinski definition) is 1. The van der Waals surface area contributed by atoms with E-state index in [9.17, 15) is 20.0 Å². The van der Waals surface area contributed by atoms with E-state index in [1.54, 1.807) is 49.7 Å². The fourth-order valence-corrected chi connectivity index (χ4v) is 6.89. The van der Waals surface area contributed by atoms with Gasteiger partial charge in [0.1, 0.15) is 24.3 Å². The van der Waals surface area contributed by atoms with E-state index in [0.717, 1.165) is 16.8 Å². The first kappa shape index (κ1) is 31.2. The first-order valence-electron chi connectivity index (χ1n) is 14.1. The summed E-state index contributed by atoms with van der Waals surface area (Å²) in [6, 6.07) is 14.7. The zero-order valence-electron chi connectivity index (χ0n) is 24.9. The van der Waals surface area contributed by atoms with E-state index in [0.29, 0.717) is 60.6 Å². The lowest BCUT2D eigenvalue weighted by molar-refractivity contribution is 0.0699. The molecule has 230 valence electrons. The molecular weight excluding hydrogens is 645 g/mol. The largest absolute Gasteiger partial charge is 0.491 e. The normalized spacial score (nSPS) is 11.2. The number of nitriles is 1. The van der Waals surface area contributed by atoms with Crippen LogP contribution in [-0.4, -0.2) is 37.2 Å². The summed E-state index contributed by atoms with van der Waals surface area (Å²) in [6.07, 6.45) is 2.06. The number of thiophene rings is 1. The summed E-state index contributed by atoms with van der Waals surface area (Å²) in [4.78, 5) is 39.1. The summed E-state index contributed by atoms with van der Waals surface area (Å²) in [6.45, 7) is 5.64. The predicted octanol–water partition coefficient (Wildman–Crippen LogP) is 7.54. The van der Waals surface area contributed by atoms with Crippen LogP contribution in [0.25, 0.3) is 32.2 Å². The Morgan fingerprint density at radius 1 is 1.07 bits per heavy atom. The molecule has 0 aliphatic rings. The van der Waals surface area contributed by atoms with Crippen LogP contribution < -0.4 is 10.3 Å². The maximum absolute atomic E-state index is 13.9. The Morgan fingerprint density at radius 2 is 1.87 bits per heavy atom. The first-order valence-corrected chi connectivity index (χ1v) is 15.8. The number of carbonyl (C=O) groups is 1. The van der Waals surface area contributed by atoms with Gasteiger partial charge in [0.25, 0.3) is 5.56 Å². The molecule has 4 aromatic heterocycles. The zero-order valence-corrected chi connectivity index (χ0v) is 27.2. The predicted molar refractivity (Wildman–Crippen MR) is 180 cm³/mol. The van der Waals surface area contributed by atoms with Gasteiger partial charge in [-0.15, -0.1) is 11.3 Å². The molecule has 0 spiro atoms. The second-order valence-electron chi connectivity index (χ2n) is 10.8. The van der Waals surface area contributed by atoms with E-state index in [4.69, 9.17) is 27.9 Å². The van der Waals surface area contributed by atoms with Crippen molar-refractivity contribution in [3.05, 3.63) is 114 Å². The van der Waals surface area contributed by atoms with Crippen LogP contribution in [-0.2, 0) is 13.0 Å². The Balaban J connectivity index is 1.35. The van der Waals surface area contributed by atoms with Crippen molar-refractivity contribution in [1.29, 1.82) is 5.26 Å². The molecule has 4 heterocycles. The van der Waals surface area contributed by atoms with Crippen molar-refractivity contribution >= 4 is 61.6 Å². The minimum absolute atomic E-state index is 0.0952. The Hall–Kier alpha value is -4.82. The van der Waals surface area contributed by atoms with Crippen molar-refractivity contribution in [2.45, 2.75) is 33.7 Å². The van der Waals surface area contributed by atoms with Gasteiger partial charge >= 0.3 is 5.97 Å². The van der Waals surface area contributed by atoms with Crippen molar-refractivity contribution in [2.75, 3.05) is 6.61 Å². The summed E-state index contributed by atoms with van der Waals surface area (Å²) < 4.78 is 8.41. The summed E-state index contributed by atoms with van der Waals surface area (Å²) in [5.41, 5.74) is 5.01. The maximum Gasteiger partial charge on any atom is 0.338 e. The van der Waals surface area contributed by atoms with Gasteiger partial charge in [0.05, 0.1) is 38.8 Å². The maximum atomic E-state index is 13.9. The van der Waals surface area contributed by atoms with E-state index in [1.807, 2.05) is 25.1 Å². The Morgan fingerprint density at radius 3 is 2.59 bits per heavy atom. The number of aryl methyl sites for hydroxylation is 3. The number of benzene rings is 2. The fraction of sp³-hybridized carbons (Fsp3) is 0.176. The molecule has 0 saturated heterocycles. The Bertz CT molecular complexity index is 2290. The highest BCUT2D eigenvalue weighted by atomic mass is 35.5. The van der Waals surface area contributed by atoms with Gasteiger partial charge in [0, 0.05) is 50.6 Å². The molecule has 0 radical (unpaired) electrons. The Labute approximate surface area is 277 Å². The zero-order chi connectivity index (χ0) is 32.7. The average Bonchev–Trinajstić information content (AvgIpc) is 3.45. The van der Waals surface area contributed by atoms with Gasteiger partial charge in [-0.25, -0.2) is 9.78 Å². The van der Waals surface area contributed by atoms with Crippen molar-refractivity contribution < 1.29 is 14.6 Å².